The zero-order valence-corrected chi connectivity index (χ0v) is 24.4. The average molecular weight is 562 g/mol. The van der Waals surface area contributed by atoms with Crippen molar-refractivity contribution in [1.29, 1.82) is 0 Å². The van der Waals surface area contributed by atoms with Gasteiger partial charge in [-0.25, -0.2) is 9.40 Å². The van der Waals surface area contributed by atoms with E-state index in [9.17, 15) is 9.59 Å². The molecular formula is C31H36ClN5O3. The van der Waals surface area contributed by atoms with Crippen molar-refractivity contribution in [3.63, 3.8) is 0 Å². The summed E-state index contributed by atoms with van der Waals surface area (Å²) in [6, 6.07) is 18.5. The minimum Gasteiger partial charge on any atom is -0.491 e. The van der Waals surface area contributed by atoms with Gasteiger partial charge in [0.15, 0.2) is 0 Å². The van der Waals surface area contributed by atoms with Crippen molar-refractivity contribution in [1.82, 2.24) is 24.0 Å². The van der Waals surface area contributed by atoms with Crippen LogP contribution in [0.2, 0.25) is 0 Å². The van der Waals surface area contributed by atoms with Gasteiger partial charge in [-0.1, -0.05) is 30.3 Å². The molecule has 0 saturated heterocycles. The molecule has 9 heteroatoms. The molecule has 2 amide bonds. The Morgan fingerprint density at radius 2 is 1.75 bits per heavy atom. The summed E-state index contributed by atoms with van der Waals surface area (Å²) in [7, 11) is 3.65. The van der Waals surface area contributed by atoms with E-state index in [2.05, 4.69) is 5.32 Å². The topological polar surface area (TPSA) is 79.2 Å². The third-order valence-corrected chi connectivity index (χ3v) is 6.81. The number of likely N-dealkylation sites (N-methyl/N-ethyl adjacent to an activating group) is 1. The number of nitrogens with one attached hydrogen (secondary N) is 1. The number of rotatable bonds is 11. The first-order valence-electron chi connectivity index (χ1n) is 13.3. The maximum atomic E-state index is 13.3. The van der Waals surface area contributed by atoms with Crippen molar-refractivity contribution in [2.75, 3.05) is 27.2 Å². The summed E-state index contributed by atoms with van der Waals surface area (Å²) in [5, 5.41) is 2.92. The first kappa shape index (κ1) is 29.1. The number of ether oxygens (including phenoxy) is 1. The fourth-order valence-corrected chi connectivity index (χ4v) is 4.66. The van der Waals surface area contributed by atoms with Gasteiger partial charge >= 0.3 is 0 Å². The summed E-state index contributed by atoms with van der Waals surface area (Å²) in [5.74, 6) is 0.197. The van der Waals surface area contributed by atoms with Crippen LogP contribution in [0.4, 0.5) is 0 Å². The predicted molar refractivity (Wildman–Crippen MR) is 159 cm³/mol. The lowest BCUT2D eigenvalue weighted by Crippen LogP contribution is -2.45. The molecule has 0 radical (unpaired) electrons. The standard InChI is InChI=1S/C31H36ClN5O3/c1-21(2)40-27-14-12-25(13-15-27)31(39)37(32)26(18-33-29(38)20-35(4)5)17-23-8-10-24(11-9-23)28-19-36-16-6-7-22(3)30(36)34-28/h6-16,19,21,26H,17-18,20H2,1-5H3,(H,33,38)/t26-/m0/s1. The van der Waals surface area contributed by atoms with Crippen LogP contribution in [-0.2, 0) is 11.2 Å². The quantitative estimate of drug-likeness (QED) is 0.261. The summed E-state index contributed by atoms with van der Waals surface area (Å²) < 4.78 is 8.89. The molecule has 40 heavy (non-hydrogen) atoms. The molecule has 2 aromatic heterocycles. The smallest absolute Gasteiger partial charge is 0.268 e. The van der Waals surface area contributed by atoms with Crippen molar-refractivity contribution in [2.45, 2.75) is 39.3 Å². The Morgan fingerprint density at radius 3 is 2.38 bits per heavy atom. The minimum atomic E-state index is -0.476. The number of halogens is 1. The maximum Gasteiger partial charge on any atom is 0.268 e. The van der Waals surface area contributed by atoms with E-state index < -0.39 is 6.04 Å². The van der Waals surface area contributed by atoms with E-state index in [-0.39, 0.29) is 31.0 Å². The molecule has 210 valence electrons. The van der Waals surface area contributed by atoms with Gasteiger partial charge in [0.05, 0.1) is 24.4 Å². The van der Waals surface area contributed by atoms with Crippen LogP contribution in [0.1, 0.15) is 35.3 Å². The summed E-state index contributed by atoms with van der Waals surface area (Å²) in [5.41, 5.74) is 5.33. The Labute approximate surface area is 240 Å². The number of hydrogen-bond donors (Lipinski definition) is 1. The number of fused-ring (bicyclic) bond motifs is 1. The summed E-state index contributed by atoms with van der Waals surface area (Å²) in [6.45, 7) is 6.39. The summed E-state index contributed by atoms with van der Waals surface area (Å²) >= 11 is 6.66. The fourth-order valence-electron chi connectivity index (χ4n) is 4.42. The van der Waals surface area contributed by atoms with E-state index >= 15 is 0 Å². The van der Waals surface area contributed by atoms with Crippen molar-refractivity contribution in [3.8, 4) is 17.0 Å². The number of hydrogen-bond acceptors (Lipinski definition) is 5. The van der Waals surface area contributed by atoms with Gasteiger partial charge in [0.25, 0.3) is 5.91 Å². The molecule has 0 bridgehead atoms. The van der Waals surface area contributed by atoms with Crippen molar-refractivity contribution in [3.05, 3.63) is 89.7 Å². The molecule has 0 aliphatic carbocycles. The molecule has 2 aromatic carbocycles. The Bertz CT molecular complexity index is 1450. The van der Waals surface area contributed by atoms with Crippen molar-refractivity contribution >= 4 is 29.2 Å². The third-order valence-electron chi connectivity index (χ3n) is 6.38. The summed E-state index contributed by atoms with van der Waals surface area (Å²) in [4.78, 5) is 32.2. The van der Waals surface area contributed by atoms with Crippen LogP contribution in [-0.4, -0.2) is 69.8 Å². The van der Waals surface area contributed by atoms with Crippen LogP contribution in [0.5, 0.6) is 5.75 Å². The lowest BCUT2D eigenvalue weighted by Gasteiger charge is -2.26. The van der Waals surface area contributed by atoms with Gasteiger partial charge in [-0.2, -0.15) is 0 Å². The van der Waals surface area contributed by atoms with Gasteiger partial charge in [0.2, 0.25) is 5.91 Å². The third kappa shape index (κ3) is 7.40. The number of imidazole rings is 1. The van der Waals surface area contributed by atoms with E-state index in [4.69, 9.17) is 21.5 Å². The van der Waals surface area contributed by atoms with E-state index in [1.165, 1.54) is 4.42 Å². The predicted octanol–water partition coefficient (Wildman–Crippen LogP) is 4.98. The fraction of sp³-hybridized carbons (Fsp3) is 0.323. The molecule has 0 aliphatic rings. The minimum absolute atomic E-state index is 0.0319. The molecular weight excluding hydrogens is 526 g/mol. The Balaban J connectivity index is 1.51. The second kappa shape index (κ2) is 13.0. The second-order valence-electron chi connectivity index (χ2n) is 10.5. The number of pyridine rings is 1. The van der Waals surface area contributed by atoms with E-state index in [1.807, 2.05) is 88.1 Å². The molecule has 2 heterocycles. The Kier molecular flexibility index (Phi) is 9.45. The van der Waals surface area contributed by atoms with Crippen LogP contribution in [0.3, 0.4) is 0 Å². The molecule has 1 N–H and O–H groups in total. The highest BCUT2D eigenvalue weighted by atomic mass is 35.5. The summed E-state index contributed by atoms with van der Waals surface area (Å²) in [6.07, 6.45) is 4.48. The largest absolute Gasteiger partial charge is 0.491 e. The molecule has 4 rings (SSSR count). The van der Waals surface area contributed by atoms with Gasteiger partial charge in [-0.15, -0.1) is 0 Å². The number of aryl methyl sites for hydroxylation is 1. The second-order valence-corrected chi connectivity index (χ2v) is 10.8. The number of carbonyl (C=O) groups is 2. The van der Waals surface area contributed by atoms with Crippen LogP contribution in [0, 0.1) is 6.92 Å². The van der Waals surface area contributed by atoms with Gasteiger partial charge in [0.1, 0.15) is 11.4 Å². The van der Waals surface area contributed by atoms with Gasteiger partial charge < -0.3 is 19.4 Å². The average Bonchev–Trinajstić information content (AvgIpc) is 3.36. The zero-order chi connectivity index (χ0) is 28.8. The van der Waals surface area contributed by atoms with Gasteiger partial charge in [0, 0.05) is 41.8 Å². The number of amides is 2. The lowest BCUT2D eigenvalue weighted by molar-refractivity contribution is -0.121. The Morgan fingerprint density at radius 1 is 1.05 bits per heavy atom. The molecule has 1 atom stereocenters. The molecule has 4 aromatic rings. The maximum absolute atomic E-state index is 13.3. The van der Waals surface area contributed by atoms with Gasteiger partial charge in [-0.3, -0.25) is 9.59 Å². The number of nitrogens with zero attached hydrogens (tertiary/aromatic N) is 4. The number of carbonyl (C=O) groups excluding carboxylic acids is 2. The van der Waals surface area contributed by atoms with Crippen molar-refractivity contribution < 1.29 is 14.3 Å². The molecule has 0 saturated carbocycles. The number of benzene rings is 2. The van der Waals surface area contributed by atoms with Crippen LogP contribution >= 0.6 is 11.8 Å². The first-order valence-corrected chi connectivity index (χ1v) is 13.7. The van der Waals surface area contributed by atoms with Crippen molar-refractivity contribution in [2.24, 2.45) is 0 Å². The highest BCUT2D eigenvalue weighted by Gasteiger charge is 2.25. The first-order chi connectivity index (χ1) is 19.1. The van der Waals surface area contributed by atoms with E-state index in [0.29, 0.717) is 17.7 Å². The molecule has 0 spiro atoms. The monoisotopic (exact) mass is 561 g/mol. The molecule has 0 fully saturated rings. The van der Waals surface area contributed by atoms with Crippen LogP contribution < -0.4 is 10.1 Å². The SMILES string of the molecule is Cc1cccn2cc(-c3ccc(C[C@@H](CNC(=O)CN(C)C)N(Cl)C(=O)c4ccc(OC(C)C)cc4)cc3)nc12. The molecule has 0 aliphatic heterocycles. The molecule has 0 unspecified atom stereocenters. The zero-order valence-electron chi connectivity index (χ0n) is 23.6. The Hall–Kier alpha value is -3.88. The van der Waals surface area contributed by atoms with Gasteiger partial charge in [-0.05, 0) is 82.7 Å². The molecule has 8 nitrogen and oxygen atoms in total. The highest BCUT2D eigenvalue weighted by molar-refractivity contribution is 6.24. The van der Waals surface area contributed by atoms with Crippen LogP contribution in [0.15, 0.2) is 73.1 Å². The van der Waals surface area contributed by atoms with E-state index in [1.54, 1.807) is 29.2 Å². The normalized spacial score (nSPS) is 12.1. The highest BCUT2D eigenvalue weighted by Crippen LogP contribution is 2.23. The van der Waals surface area contributed by atoms with E-state index in [0.717, 1.165) is 28.0 Å². The number of aromatic nitrogens is 2. The van der Waals surface area contributed by atoms with Crippen LogP contribution in [0.25, 0.3) is 16.9 Å². The lowest BCUT2D eigenvalue weighted by atomic mass is 10.0.